The van der Waals surface area contributed by atoms with Gasteiger partial charge in [-0.3, -0.25) is 0 Å². The number of anilines is 1. The SMILES string of the molecule is COC(=O)c1ccc(N)cc1-c1ccccc1F. The number of hydrogen-bond donors (Lipinski definition) is 1. The molecule has 18 heavy (non-hydrogen) atoms. The van der Waals surface area contributed by atoms with E-state index in [1.165, 1.54) is 19.2 Å². The Hall–Kier alpha value is -2.36. The first-order valence-electron chi connectivity index (χ1n) is 5.36. The molecule has 0 unspecified atom stereocenters. The van der Waals surface area contributed by atoms with Crippen LogP contribution in [-0.4, -0.2) is 13.1 Å². The number of rotatable bonds is 2. The summed E-state index contributed by atoms with van der Waals surface area (Å²) in [4.78, 5) is 11.6. The van der Waals surface area contributed by atoms with E-state index in [0.717, 1.165) is 0 Å². The van der Waals surface area contributed by atoms with Crippen LogP contribution in [0.5, 0.6) is 0 Å². The molecule has 2 N–H and O–H groups in total. The minimum Gasteiger partial charge on any atom is -0.465 e. The Morgan fingerprint density at radius 3 is 2.56 bits per heavy atom. The van der Waals surface area contributed by atoms with Gasteiger partial charge in [-0.15, -0.1) is 0 Å². The van der Waals surface area contributed by atoms with Crippen LogP contribution < -0.4 is 5.73 Å². The molecule has 2 aromatic carbocycles. The first-order chi connectivity index (χ1) is 8.63. The summed E-state index contributed by atoms with van der Waals surface area (Å²) in [6.45, 7) is 0. The van der Waals surface area contributed by atoms with Crippen molar-refractivity contribution in [1.82, 2.24) is 0 Å². The maximum Gasteiger partial charge on any atom is 0.338 e. The van der Waals surface area contributed by atoms with Gasteiger partial charge in [-0.1, -0.05) is 18.2 Å². The van der Waals surface area contributed by atoms with Crippen molar-refractivity contribution in [3.8, 4) is 11.1 Å². The van der Waals surface area contributed by atoms with E-state index >= 15 is 0 Å². The van der Waals surface area contributed by atoms with Crippen molar-refractivity contribution < 1.29 is 13.9 Å². The molecule has 3 nitrogen and oxygen atoms in total. The Labute approximate surface area is 104 Å². The lowest BCUT2D eigenvalue weighted by Crippen LogP contribution is -2.04. The van der Waals surface area contributed by atoms with E-state index in [-0.39, 0.29) is 5.56 Å². The summed E-state index contributed by atoms with van der Waals surface area (Å²) in [5.74, 6) is -0.929. The zero-order valence-electron chi connectivity index (χ0n) is 9.81. The largest absolute Gasteiger partial charge is 0.465 e. The predicted octanol–water partition coefficient (Wildman–Crippen LogP) is 2.86. The zero-order chi connectivity index (χ0) is 13.1. The molecule has 2 aromatic rings. The number of nitrogen functional groups attached to an aromatic ring is 1. The topological polar surface area (TPSA) is 52.3 Å². The Morgan fingerprint density at radius 1 is 1.17 bits per heavy atom. The maximum atomic E-state index is 13.8. The molecule has 0 radical (unpaired) electrons. The quantitative estimate of drug-likeness (QED) is 0.653. The lowest BCUT2D eigenvalue weighted by atomic mass is 9.98. The van der Waals surface area contributed by atoms with E-state index in [1.807, 2.05) is 0 Å². The van der Waals surface area contributed by atoms with Gasteiger partial charge in [-0.05, 0) is 24.3 Å². The van der Waals surface area contributed by atoms with Crippen LogP contribution in [-0.2, 0) is 4.74 Å². The molecule has 0 bridgehead atoms. The van der Waals surface area contributed by atoms with Gasteiger partial charge in [0.2, 0.25) is 0 Å². The standard InChI is InChI=1S/C14H12FNO2/c1-18-14(17)11-7-6-9(16)8-12(11)10-4-2-3-5-13(10)15/h2-8H,16H2,1H3. The highest BCUT2D eigenvalue weighted by atomic mass is 19.1. The van der Waals surface area contributed by atoms with Gasteiger partial charge >= 0.3 is 5.97 Å². The molecule has 4 heteroatoms. The van der Waals surface area contributed by atoms with E-state index in [0.29, 0.717) is 16.8 Å². The molecule has 0 fully saturated rings. The highest BCUT2D eigenvalue weighted by Gasteiger charge is 2.15. The second-order valence-corrected chi connectivity index (χ2v) is 3.78. The molecule has 0 aliphatic rings. The Bertz CT molecular complexity index is 596. The summed E-state index contributed by atoms with van der Waals surface area (Å²) >= 11 is 0. The average molecular weight is 245 g/mol. The smallest absolute Gasteiger partial charge is 0.338 e. The van der Waals surface area contributed by atoms with Gasteiger partial charge in [0.25, 0.3) is 0 Å². The van der Waals surface area contributed by atoms with Crippen molar-refractivity contribution in [3.63, 3.8) is 0 Å². The van der Waals surface area contributed by atoms with Crippen LogP contribution in [0, 0.1) is 5.82 Å². The van der Waals surface area contributed by atoms with Gasteiger partial charge in [-0.25, -0.2) is 9.18 Å². The van der Waals surface area contributed by atoms with Gasteiger partial charge in [-0.2, -0.15) is 0 Å². The van der Waals surface area contributed by atoms with E-state index < -0.39 is 11.8 Å². The minimum absolute atomic E-state index is 0.289. The molecular formula is C14H12FNO2. The summed E-state index contributed by atoms with van der Waals surface area (Å²) in [7, 11) is 1.28. The second kappa shape index (κ2) is 4.87. The predicted molar refractivity (Wildman–Crippen MR) is 67.6 cm³/mol. The fourth-order valence-corrected chi connectivity index (χ4v) is 1.75. The highest BCUT2D eigenvalue weighted by Crippen LogP contribution is 2.28. The van der Waals surface area contributed by atoms with E-state index in [9.17, 15) is 9.18 Å². The Kier molecular flexibility index (Phi) is 3.28. The number of halogens is 1. The van der Waals surface area contributed by atoms with Gasteiger partial charge in [0.1, 0.15) is 5.82 Å². The summed E-state index contributed by atoms with van der Waals surface area (Å²) in [6, 6.07) is 10.9. The molecule has 0 aromatic heterocycles. The van der Waals surface area contributed by atoms with E-state index in [2.05, 4.69) is 4.74 Å². The lowest BCUT2D eigenvalue weighted by molar-refractivity contribution is 0.0601. The molecule has 0 saturated heterocycles. The molecule has 0 amide bonds. The van der Waals surface area contributed by atoms with Crippen molar-refractivity contribution in [2.45, 2.75) is 0 Å². The third-order valence-corrected chi connectivity index (χ3v) is 2.61. The minimum atomic E-state index is -0.520. The second-order valence-electron chi connectivity index (χ2n) is 3.78. The van der Waals surface area contributed by atoms with Crippen LogP contribution in [0.25, 0.3) is 11.1 Å². The number of benzene rings is 2. The molecule has 2 rings (SSSR count). The maximum absolute atomic E-state index is 13.8. The van der Waals surface area contributed by atoms with Gasteiger partial charge in [0.05, 0.1) is 12.7 Å². The van der Waals surface area contributed by atoms with Crippen LogP contribution in [0.3, 0.4) is 0 Å². The highest BCUT2D eigenvalue weighted by molar-refractivity contribution is 5.98. The zero-order valence-corrected chi connectivity index (χ0v) is 9.81. The molecule has 0 saturated carbocycles. The third-order valence-electron chi connectivity index (χ3n) is 2.61. The molecule has 0 atom stereocenters. The molecule has 0 spiro atoms. The number of hydrogen-bond acceptors (Lipinski definition) is 3. The molecular weight excluding hydrogens is 233 g/mol. The number of ether oxygens (including phenoxy) is 1. The fraction of sp³-hybridized carbons (Fsp3) is 0.0714. The first-order valence-corrected chi connectivity index (χ1v) is 5.36. The summed E-state index contributed by atoms with van der Waals surface area (Å²) in [5, 5.41) is 0. The molecule has 92 valence electrons. The summed E-state index contributed by atoms with van der Waals surface area (Å²) in [6.07, 6.45) is 0. The summed E-state index contributed by atoms with van der Waals surface area (Å²) in [5.41, 5.74) is 7.18. The van der Waals surface area contributed by atoms with E-state index in [1.54, 1.807) is 30.3 Å². The number of carbonyl (C=O) groups is 1. The van der Waals surface area contributed by atoms with Crippen LogP contribution in [0.4, 0.5) is 10.1 Å². The van der Waals surface area contributed by atoms with Gasteiger partial charge < -0.3 is 10.5 Å². The lowest BCUT2D eigenvalue weighted by Gasteiger charge is -2.09. The number of esters is 1. The Balaban J connectivity index is 2.66. The van der Waals surface area contributed by atoms with Crippen molar-refractivity contribution in [3.05, 3.63) is 53.8 Å². The fourth-order valence-electron chi connectivity index (χ4n) is 1.75. The van der Waals surface area contributed by atoms with Crippen LogP contribution in [0.2, 0.25) is 0 Å². The molecule has 0 heterocycles. The monoisotopic (exact) mass is 245 g/mol. The van der Waals surface area contributed by atoms with Crippen molar-refractivity contribution in [2.24, 2.45) is 0 Å². The van der Waals surface area contributed by atoms with Crippen LogP contribution >= 0.6 is 0 Å². The van der Waals surface area contributed by atoms with Crippen LogP contribution in [0.1, 0.15) is 10.4 Å². The molecule has 0 aliphatic heterocycles. The van der Waals surface area contributed by atoms with Crippen molar-refractivity contribution >= 4 is 11.7 Å². The van der Waals surface area contributed by atoms with Gasteiger partial charge in [0.15, 0.2) is 0 Å². The van der Waals surface area contributed by atoms with E-state index in [4.69, 9.17) is 5.73 Å². The average Bonchev–Trinajstić information content (AvgIpc) is 2.38. The van der Waals surface area contributed by atoms with Crippen molar-refractivity contribution in [2.75, 3.05) is 12.8 Å². The van der Waals surface area contributed by atoms with Gasteiger partial charge in [0, 0.05) is 16.8 Å². The third kappa shape index (κ3) is 2.18. The number of nitrogens with two attached hydrogens (primary N) is 1. The number of methoxy groups -OCH3 is 1. The van der Waals surface area contributed by atoms with Crippen LogP contribution in [0.15, 0.2) is 42.5 Å². The summed E-state index contributed by atoms with van der Waals surface area (Å²) < 4.78 is 18.4. The van der Waals surface area contributed by atoms with Crippen molar-refractivity contribution in [1.29, 1.82) is 0 Å². The molecule has 0 aliphatic carbocycles. The normalized spacial score (nSPS) is 10.1. The first kappa shape index (κ1) is 12.1. The number of carbonyl (C=O) groups excluding carboxylic acids is 1. The Morgan fingerprint density at radius 2 is 1.89 bits per heavy atom.